The largest absolute Gasteiger partial charge is 0.460 e. The van der Waals surface area contributed by atoms with Gasteiger partial charge in [0.2, 0.25) is 0 Å². The first-order valence-corrected chi connectivity index (χ1v) is 7.13. The summed E-state index contributed by atoms with van der Waals surface area (Å²) in [6.07, 6.45) is -2.43. The molecule has 0 aromatic heterocycles. The molecule has 3 atom stereocenters. The fourth-order valence-corrected chi connectivity index (χ4v) is 2.53. The van der Waals surface area contributed by atoms with E-state index in [-0.39, 0.29) is 0 Å². The second-order valence-electron chi connectivity index (χ2n) is 7.13. The fraction of sp³-hybridized carbons (Fsp3) is 0.750. The Kier molecular flexibility index (Phi) is 5.10. The number of carbonyl (C=O) groups excluding carboxylic acids is 2. The Morgan fingerprint density at radius 3 is 2.17 bits per heavy atom. The second-order valence-corrected chi connectivity index (χ2v) is 7.13. The van der Waals surface area contributed by atoms with Crippen molar-refractivity contribution in [1.29, 1.82) is 0 Å². The van der Waals surface area contributed by atoms with Gasteiger partial charge in [-0.25, -0.2) is 0 Å². The van der Waals surface area contributed by atoms with Gasteiger partial charge < -0.3 is 9.47 Å². The van der Waals surface area contributed by atoms with Crippen LogP contribution in [0.4, 0.5) is 13.2 Å². The lowest BCUT2D eigenvalue weighted by atomic mass is 10.1. The molecule has 0 amide bonds. The summed E-state index contributed by atoms with van der Waals surface area (Å²) < 4.78 is 50.6. The van der Waals surface area contributed by atoms with E-state index in [2.05, 4.69) is 4.74 Å². The number of rotatable bonds is 3. The molecule has 0 aromatic carbocycles. The van der Waals surface area contributed by atoms with E-state index >= 15 is 0 Å². The summed E-state index contributed by atoms with van der Waals surface area (Å²) in [5.41, 5.74) is -1.81. The minimum absolute atomic E-state index is 0.731. The third-order valence-electron chi connectivity index (χ3n) is 3.50. The predicted octanol–water partition coefficient (Wildman–Crippen LogP) is 3.10. The van der Waals surface area contributed by atoms with Crippen LogP contribution in [-0.4, -0.2) is 29.8 Å². The molecule has 3 unspecified atom stereocenters. The van der Waals surface area contributed by atoms with Gasteiger partial charge in [0.25, 0.3) is 0 Å². The van der Waals surface area contributed by atoms with Crippen LogP contribution in [0.5, 0.6) is 0 Å². The predicted molar refractivity (Wildman–Crippen MR) is 76.0 cm³/mol. The smallest absolute Gasteiger partial charge is 0.312 e. The lowest BCUT2D eigenvalue weighted by Crippen LogP contribution is -2.27. The van der Waals surface area contributed by atoms with E-state index in [0.717, 1.165) is 6.92 Å². The van der Waals surface area contributed by atoms with Gasteiger partial charge in [-0.15, -0.1) is 0 Å². The number of alkyl halides is 3. The summed E-state index contributed by atoms with van der Waals surface area (Å²) in [6, 6.07) is 0. The van der Waals surface area contributed by atoms with Crippen LogP contribution in [-0.2, 0) is 19.1 Å². The Balaban J connectivity index is 2.87. The molecule has 0 spiro atoms. The molecule has 1 aliphatic rings. The van der Waals surface area contributed by atoms with Gasteiger partial charge in [-0.3, -0.25) is 9.59 Å². The Hall–Kier alpha value is -1.71. The number of carbonyl (C=O) groups is 2. The monoisotopic (exact) mass is 334 g/mol. The van der Waals surface area contributed by atoms with Gasteiger partial charge in [-0.05, 0) is 38.0 Å². The first-order chi connectivity index (χ1) is 10.2. The van der Waals surface area contributed by atoms with Crippen LogP contribution < -0.4 is 0 Å². The Bertz CT molecular complexity index is 552. The van der Waals surface area contributed by atoms with E-state index in [9.17, 15) is 22.8 Å². The molecule has 1 saturated carbocycles. The summed E-state index contributed by atoms with van der Waals surface area (Å²) >= 11 is 0. The number of halogens is 3. The molecule has 0 aromatic rings. The molecule has 7 heteroatoms. The summed E-state index contributed by atoms with van der Waals surface area (Å²) in [5.74, 6) is -4.67. The summed E-state index contributed by atoms with van der Waals surface area (Å²) in [4.78, 5) is 22.6. The molecule has 130 valence electrons. The maximum Gasteiger partial charge on any atom is 0.312 e. The average Bonchev–Trinajstić information content (AvgIpc) is 2.88. The van der Waals surface area contributed by atoms with Crippen molar-refractivity contribution in [2.45, 2.75) is 59.4 Å². The Morgan fingerprint density at radius 2 is 1.74 bits per heavy atom. The minimum atomic E-state index is -3.60. The molecular formula is C16H21F3O4. The molecule has 0 aliphatic heterocycles. The Morgan fingerprint density at radius 1 is 1.22 bits per heavy atom. The summed E-state index contributed by atoms with van der Waals surface area (Å²) in [6.45, 7) is 8.86. The van der Waals surface area contributed by atoms with Gasteiger partial charge in [0, 0.05) is 6.92 Å². The Labute approximate surface area is 133 Å². The molecule has 0 saturated heterocycles. The molecule has 1 rings (SSSR count). The van der Waals surface area contributed by atoms with E-state index in [1.165, 1.54) is 19.8 Å². The molecule has 23 heavy (non-hydrogen) atoms. The van der Waals surface area contributed by atoms with Crippen LogP contribution in [0.15, 0.2) is 0 Å². The van der Waals surface area contributed by atoms with E-state index in [0.29, 0.717) is 0 Å². The van der Waals surface area contributed by atoms with Crippen LogP contribution in [0.25, 0.3) is 0 Å². The van der Waals surface area contributed by atoms with Gasteiger partial charge in [-0.2, -0.15) is 13.2 Å². The molecule has 0 heterocycles. The van der Waals surface area contributed by atoms with Gasteiger partial charge >= 0.3 is 24.2 Å². The van der Waals surface area contributed by atoms with Crippen molar-refractivity contribution in [2.24, 2.45) is 17.3 Å². The summed E-state index contributed by atoms with van der Waals surface area (Å²) in [7, 11) is 0. The number of hydrogen-bond donors (Lipinski definition) is 0. The SMILES string of the molecule is CC(=O)OC(F)C#CC(F)(F)C1C(C(=O)OC(C)(C)C)C1(C)C. The highest BCUT2D eigenvalue weighted by molar-refractivity contribution is 5.78. The van der Waals surface area contributed by atoms with Crippen LogP contribution in [0, 0.1) is 29.1 Å². The first kappa shape index (κ1) is 19.3. The van der Waals surface area contributed by atoms with Gasteiger partial charge in [0.15, 0.2) is 0 Å². The molecule has 0 bridgehead atoms. The number of esters is 2. The van der Waals surface area contributed by atoms with Crippen LogP contribution in [0.2, 0.25) is 0 Å². The van der Waals surface area contributed by atoms with Crippen LogP contribution in [0.1, 0.15) is 41.5 Å². The van der Waals surface area contributed by atoms with E-state index in [1.54, 1.807) is 26.7 Å². The van der Waals surface area contributed by atoms with Gasteiger partial charge in [-0.1, -0.05) is 13.8 Å². The van der Waals surface area contributed by atoms with Crippen molar-refractivity contribution in [3.8, 4) is 11.8 Å². The molecule has 0 N–H and O–H groups in total. The van der Waals surface area contributed by atoms with Gasteiger partial charge in [0.1, 0.15) is 5.60 Å². The quantitative estimate of drug-likeness (QED) is 0.588. The third-order valence-corrected chi connectivity index (χ3v) is 3.50. The van der Waals surface area contributed by atoms with Crippen molar-refractivity contribution in [3.05, 3.63) is 0 Å². The number of hydrogen-bond acceptors (Lipinski definition) is 4. The van der Waals surface area contributed by atoms with Crippen molar-refractivity contribution < 1.29 is 32.2 Å². The van der Waals surface area contributed by atoms with Crippen molar-refractivity contribution in [3.63, 3.8) is 0 Å². The molecule has 4 nitrogen and oxygen atoms in total. The molecular weight excluding hydrogens is 313 g/mol. The lowest BCUT2D eigenvalue weighted by Gasteiger charge is -2.20. The zero-order chi connectivity index (χ0) is 18.2. The van der Waals surface area contributed by atoms with E-state index < -0.39 is 47.1 Å². The van der Waals surface area contributed by atoms with Gasteiger partial charge in [0.05, 0.1) is 11.8 Å². The highest BCUT2D eigenvalue weighted by Gasteiger charge is 2.72. The molecule has 0 radical (unpaired) electrons. The molecule has 1 fully saturated rings. The van der Waals surface area contributed by atoms with Crippen molar-refractivity contribution in [2.75, 3.05) is 0 Å². The van der Waals surface area contributed by atoms with Crippen molar-refractivity contribution >= 4 is 11.9 Å². The highest BCUT2D eigenvalue weighted by Crippen LogP contribution is 2.64. The first-order valence-electron chi connectivity index (χ1n) is 7.13. The highest BCUT2D eigenvalue weighted by atomic mass is 19.3. The number of ether oxygens (including phenoxy) is 2. The maximum absolute atomic E-state index is 14.2. The average molecular weight is 334 g/mol. The standard InChI is InChI=1S/C16H21F3O4/c1-9(20)22-10(17)7-8-16(18,19)12-11(15(12,5)6)13(21)23-14(2,3)4/h10-12H,1-6H3. The van der Waals surface area contributed by atoms with Crippen LogP contribution >= 0.6 is 0 Å². The zero-order valence-electron chi connectivity index (χ0n) is 14.0. The lowest BCUT2D eigenvalue weighted by molar-refractivity contribution is -0.158. The maximum atomic E-state index is 14.2. The van der Waals surface area contributed by atoms with Crippen molar-refractivity contribution in [1.82, 2.24) is 0 Å². The second kappa shape index (κ2) is 6.06. The minimum Gasteiger partial charge on any atom is -0.460 e. The molecule has 1 aliphatic carbocycles. The third kappa shape index (κ3) is 4.88. The van der Waals surface area contributed by atoms with E-state index in [4.69, 9.17) is 4.74 Å². The summed E-state index contributed by atoms with van der Waals surface area (Å²) in [5, 5.41) is 0. The normalized spacial score (nSPS) is 24.0. The fourth-order valence-electron chi connectivity index (χ4n) is 2.53. The zero-order valence-corrected chi connectivity index (χ0v) is 14.0. The topological polar surface area (TPSA) is 52.6 Å². The van der Waals surface area contributed by atoms with Crippen LogP contribution in [0.3, 0.4) is 0 Å². The van der Waals surface area contributed by atoms with E-state index in [1.807, 2.05) is 0 Å².